The topological polar surface area (TPSA) is 61.8 Å². The molecule has 3 nitrogen and oxygen atoms in total. The third-order valence-corrected chi connectivity index (χ3v) is 3.45. The summed E-state index contributed by atoms with van der Waals surface area (Å²) in [6.45, 7) is 2.05. The van der Waals surface area contributed by atoms with Gasteiger partial charge in [0.25, 0.3) is 0 Å². The van der Waals surface area contributed by atoms with Crippen LogP contribution in [0.25, 0.3) is 0 Å². The smallest absolute Gasteiger partial charge is 0.0638 e. The van der Waals surface area contributed by atoms with Gasteiger partial charge in [-0.15, -0.1) is 0 Å². The molecule has 0 spiro atoms. The lowest BCUT2D eigenvalue weighted by atomic mass is 9.77. The highest BCUT2D eigenvalue weighted by molar-refractivity contribution is 5.37. The largest absolute Gasteiger partial charge is 0.324 e. The minimum Gasteiger partial charge on any atom is -0.324 e. The number of nitrogens with zero attached hydrogens (tertiary/aromatic N) is 1. The summed E-state index contributed by atoms with van der Waals surface area (Å²) >= 11 is 0. The maximum atomic E-state index is 8.70. The summed E-state index contributed by atoms with van der Waals surface area (Å²) in [4.78, 5) is 0. The standard InChI is InChI=1S/C14H19N3/c1-10(8-9-15)17-13-7-3-5-11-4-2-6-12(16)14(11)13/h2-6,10,12-14,17H,7-8,16H2,1H3. The highest BCUT2D eigenvalue weighted by atomic mass is 15.0. The summed E-state index contributed by atoms with van der Waals surface area (Å²) in [5.74, 6) is 0.339. The SMILES string of the molecule is CC(CC#N)NC1CC=CC2=CC=CC(N)C21. The lowest BCUT2D eigenvalue weighted by Gasteiger charge is -2.37. The van der Waals surface area contributed by atoms with E-state index < -0.39 is 0 Å². The Kier molecular flexibility index (Phi) is 3.78. The first-order valence-electron chi connectivity index (χ1n) is 6.16. The Morgan fingerprint density at radius 1 is 1.65 bits per heavy atom. The van der Waals surface area contributed by atoms with Crippen molar-refractivity contribution in [3.8, 4) is 6.07 Å². The van der Waals surface area contributed by atoms with E-state index in [1.807, 2.05) is 6.08 Å². The molecule has 0 aromatic heterocycles. The molecule has 4 atom stereocenters. The van der Waals surface area contributed by atoms with Crippen molar-refractivity contribution in [3.05, 3.63) is 36.0 Å². The predicted octanol–water partition coefficient (Wildman–Crippen LogP) is 1.65. The molecular formula is C14H19N3. The van der Waals surface area contributed by atoms with Crippen molar-refractivity contribution in [2.75, 3.05) is 0 Å². The minimum atomic E-state index is 0.0757. The second-order valence-electron chi connectivity index (χ2n) is 4.83. The highest BCUT2D eigenvalue weighted by Gasteiger charge is 2.31. The number of allylic oxidation sites excluding steroid dienone is 3. The third-order valence-electron chi connectivity index (χ3n) is 3.45. The fraction of sp³-hybridized carbons (Fsp3) is 0.500. The van der Waals surface area contributed by atoms with Crippen LogP contribution < -0.4 is 11.1 Å². The van der Waals surface area contributed by atoms with E-state index in [1.54, 1.807) is 0 Å². The van der Waals surface area contributed by atoms with Gasteiger partial charge in [0.1, 0.15) is 0 Å². The Hall–Kier alpha value is -1.37. The quantitative estimate of drug-likeness (QED) is 0.773. The molecule has 0 fully saturated rings. The molecule has 0 aromatic rings. The van der Waals surface area contributed by atoms with E-state index in [2.05, 4.69) is 42.6 Å². The molecule has 17 heavy (non-hydrogen) atoms. The van der Waals surface area contributed by atoms with Crippen LogP contribution in [-0.2, 0) is 0 Å². The van der Waals surface area contributed by atoms with Gasteiger partial charge in [-0.1, -0.05) is 30.4 Å². The molecule has 0 saturated carbocycles. The molecule has 0 radical (unpaired) electrons. The summed E-state index contributed by atoms with van der Waals surface area (Å²) in [5.41, 5.74) is 7.46. The third kappa shape index (κ3) is 2.66. The van der Waals surface area contributed by atoms with Crippen molar-refractivity contribution in [1.82, 2.24) is 5.32 Å². The van der Waals surface area contributed by atoms with Crippen LogP contribution in [0.4, 0.5) is 0 Å². The van der Waals surface area contributed by atoms with E-state index >= 15 is 0 Å². The van der Waals surface area contributed by atoms with Gasteiger partial charge >= 0.3 is 0 Å². The van der Waals surface area contributed by atoms with Gasteiger partial charge in [0.15, 0.2) is 0 Å². The monoisotopic (exact) mass is 229 g/mol. The lowest BCUT2D eigenvalue weighted by Crippen LogP contribution is -2.49. The molecule has 2 aliphatic rings. The molecule has 3 N–H and O–H groups in total. The summed E-state index contributed by atoms with van der Waals surface area (Å²) in [5, 5.41) is 12.2. The van der Waals surface area contributed by atoms with E-state index in [1.165, 1.54) is 5.57 Å². The lowest BCUT2D eigenvalue weighted by molar-refractivity contribution is 0.335. The van der Waals surface area contributed by atoms with Crippen molar-refractivity contribution >= 4 is 0 Å². The van der Waals surface area contributed by atoms with Crippen molar-refractivity contribution in [3.63, 3.8) is 0 Å². The molecule has 0 aliphatic heterocycles. The molecule has 4 unspecified atom stereocenters. The number of hydrogen-bond donors (Lipinski definition) is 2. The Labute approximate surface area is 103 Å². The van der Waals surface area contributed by atoms with Crippen LogP contribution >= 0.6 is 0 Å². The fourth-order valence-electron chi connectivity index (χ4n) is 2.65. The average Bonchev–Trinajstić information content (AvgIpc) is 2.29. The number of rotatable bonds is 3. The Morgan fingerprint density at radius 3 is 3.24 bits per heavy atom. The molecule has 0 amide bonds. The normalized spacial score (nSPS) is 32.5. The van der Waals surface area contributed by atoms with Crippen molar-refractivity contribution < 1.29 is 0 Å². The second kappa shape index (κ2) is 5.31. The van der Waals surface area contributed by atoms with Gasteiger partial charge < -0.3 is 11.1 Å². The first kappa shape index (κ1) is 12.1. The molecule has 3 heteroatoms. The molecule has 0 bridgehead atoms. The number of nitrogens with two attached hydrogens (primary N) is 1. The zero-order valence-electron chi connectivity index (χ0n) is 10.1. The number of nitrogens with one attached hydrogen (secondary N) is 1. The Morgan fingerprint density at radius 2 is 2.47 bits per heavy atom. The molecule has 2 rings (SSSR count). The van der Waals surface area contributed by atoms with Gasteiger partial charge in [0.2, 0.25) is 0 Å². The predicted molar refractivity (Wildman–Crippen MR) is 69.1 cm³/mol. The number of nitriles is 1. The van der Waals surface area contributed by atoms with Crippen LogP contribution in [-0.4, -0.2) is 18.1 Å². The van der Waals surface area contributed by atoms with Gasteiger partial charge in [0.05, 0.1) is 12.5 Å². The molecular weight excluding hydrogens is 210 g/mol. The van der Waals surface area contributed by atoms with Crippen LogP contribution in [0.3, 0.4) is 0 Å². The maximum Gasteiger partial charge on any atom is 0.0638 e. The van der Waals surface area contributed by atoms with Gasteiger partial charge in [-0.05, 0) is 18.9 Å². The van der Waals surface area contributed by atoms with Crippen LogP contribution in [0.5, 0.6) is 0 Å². The minimum absolute atomic E-state index is 0.0757. The zero-order valence-corrected chi connectivity index (χ0v) is 10.1. The summed E-state index contributed by atoms with van der Waals surface area (Å²) in [6.07, 6.45) is 12.1. The molecule has 2 aliphatic carbocycles. The van der Waals surface area contributed by atoms with Gasteiger partial charge in [0, 0.05) is 24.0 Å². The first-order chi connectivity index (χ1) is 8.22. The first-order valence-corrected chi connectivity index (χ1v) is 6.16. The van der Waals surface area contributed by atoms with Crippen molar-refractivity contribution in [2.24, 2.45) is 11.7 Å². The van der Waals surface area contributed by atoms with E-state index in [0.29, 0.717) is 18.4 Å². The van der Waals surface area contributed by atoms with E-state index in [9.17, 15) is 0 Å². The Balaban J connectivity index is 2.09. The van der Waals surface area contributed by atoms with Crippen molar-refractivity contribution in [1.29, 1.82) is 5.26 Å². The summed E-state index contributed by atoms with van der Waals surface area (Å²) in [6, 6.07) is 2.84. The zero-order chi connectivity index (χ0) is 12.3. The van der Waals surface area contributed by atoms with Crippen LogP contribution in [0, 0.1) is 17.2 Å². The average molecular weight is 229 g/mol. The molecule has 0 aromatic carbocycles. The number of fused-ring (bicyclic) bond motifs is 1. The van der Waals surface area contributed by atoms with E-state index in [-0.39, 0.29) is 12.1 Å². The Bertz CT molecular complexity index is 400. The van der Waals surface area contributed by atoms with E-state index in [4.69, 9.17) is 11.0 Å². The number of hydrogen-bond acceptors (Lipinski definition) is 3. The van der Waals surface area contributed by atoms with Crippen LogP contribution in [0.2, 0.25) is 0 Å². The maximum absolute atomic E-state index is 8.70. The molecule has 0 heterocycles. The van der Waals surface area contributed by atoms with Crippen molar-refractivity contribution in [2.45, 2.75) is 37.9 Å². The van der Waals surface area contributed by atoms with Gasteiger partial charge in [-0.25, -0.2) is 0 Å². The van der Waals surface area contributed by atoms with Crippen LogP contribution in [0.15, 0.2) is 36.0 Å². The van der Waals surface area contributed by atoms with Crippen LogP contribution in [0.1, 0.15) is 19.8 Å². The van der Waals surface area contributed by atoms with Gasteiger partial charge in [-0.2, -0.15) is 5.26 Å². The highest BCUT2D eigenvalue weighted by Crippen LogP contribution is 2.30. The molecule has 0 saturated heterocycles. The summed E-state index contributed by atoms with van der Waals surface area (Å²) < 4.78 is 0. The fourth-order valence-corrected chi connectivity index (χ4v) is 2.65. The van der Waals surface area contributed by atoms with Gasteiger partial charge in [-0.3, -0.25) is 0 Å². The second-order valence-corrected chi connectivity index (χ2v) is 4.83. The molecule has 90 valence electrons. The summed E-state index contributed by atoms with van der Waals surface area (Å²) in [7, 11) is 0. The van der Waals surface area contributed by atoms with E-state index in [0.717, 1.165) is 6.42 Å².